The van der Waals surface area contributed by atoms with Crippen molar-refractivity contribution < 1.29 is 4.79 Å². The highest BCUT2D eigenvalue weighted by Gasteiger charge is 2.20. The molecule has 0 fully saturated rings. The summed E-state index contributed by atoms with van der Waals surface area (Å²) < 4.78 is 0. The van der Waals surface area contributed by atoms with E-state index in [1.165, 1.54) is 11.3 Å². The number of rotatable bonds is 5. The average molecular weight is 391 g/mol. The van der Waals surface area contributed by atoms with Gasteiger partial charge in [-0.3, -0.25) is 9.69 Å². The second-order valence-electron chi connectivity index (χ2n) is 5.57. The Labute approximate surface area is 160 Å². The molecule has 0 aliphatic rings. The van der Waals surface area contributed by atoms with E-state index in [2.05, 4.69) is 4.98 Å². The molecule has 1 amide bonds. The third-order valence-corrected chi connectivity index (χ3v) is 5.22. The van der Waals surface area contributed by atoms with Crippen molar-refractivity contribution >= 4 is 51.3 Å². The highest BCUT2D eigenvalue weighted by Crippen LogP contribution is 2.30. The van der Waals surface area contributed by atoms with Crippen LogP contribution in [0, 0.1) is 6.92 Å². The molecule has 3 nitrogen and oxygen atoms in total. The van der Waals surface area contributed by atoms with E-state index in [0.29, 0.717) is 28.0 Å². The molecule has 0 radical (unpaired) electrons. The van der Waals surface area contributed by atoms with Crippen molar-refractivity contribution in [2.75, 3.05) is 4.90 Å². The smallest absolute Gasteiger partial charge is 0.233 e. The van der Waals surface area contributed by atoms with Crippen molar-refractivity contribution in [3.05, 3.63) is 75.2 Å². The van der Waals surface area contributed by atoms with Crippen LogP contribution in [0.15, 0.2) is 53.9 Å². The minimum absolute atomic E-state index is 0.0217. The third-order valence-electron chi connectivity index (χ3n) is 3.69. The predicted molar refractivity (Wildman–Crippen MR) is 105 cm³/mol. The molecule has 0 saturated carbocycles. The van der Waals surface area contributed by atoms with Gasteiger partial charge in [0.05, 0.1) is 11.4 Å². The van der Waals surface area contributed by atoms with Crippen molar-refractivity contribution in [3.8, 4) is 0 Å². The molecule has 0 atom stereocenters. The highest BCUT2D eigenvalue weighted by atomic mass is 35.5. The first-order valence-corrected chi connectivity index (χ1v) is 9.42. The molecule has 6 heteroatoms. The lowest BCUT2D eigenvalue weighted by Gasteiger charge is -2.20. The van der Waals surface area contributed by atoms with E-state index in [-0.39, 0.29) is 5.91 Å². The van der Waals surface area contributed by atoms with Crippen molar-refractivity contribution in [1.29, 1.82) is 0 Å². The molecule has 2 aromatic carbocycles. The van der Waals surface area contributed by atoms with E-state index in [1.807, 2.05) is 48.7 Å². The van der Waals surface area contributed by atoms with E-state index < -0.39 is 0 Å². The third kappa shape index (κ3) is 4.40. The van der Waals surface area contributed by atoms with Crippen LogP contribution in [0.4, 0.5) is 10.8 Å². The molecule has 1 heterocycles. The maximum absolute atomic E-state index is 12.9. The average Bonchev–Trinajstić information content (AvgIpc) is 3.01. The van der Waals surface area contributed by atoms with Gasteiger partial charge in [-0.1, -0.05) is 47.5 Å². The Morgan fingerprint density at radius 1 is 1.16 bits per heavy atom. The molecule has 0 saturated heterocycles. The van der Waals surface area contributed by atoms with Crippen LogP contribution in [0.1, 0.15) is 17.7 Å². The maximum atomic E-state index is 12.9. The van der Waals surface area contributed by atoms with Crippen LogP contribution in [-0.2, 0) is 11.2 Å². The normalized spacial score (nSPS) is 10.7. The Morgan fingerprint density at radius 2 is 1.92 bits per heavy atom. The van der Waals surface area contributed by atoms with Gasteiger partial charge in [0, 0.05) is 21.8 Å². The molecule has 0 N–H and O–H groups in total. The molecule has 0 aliphatic carbocycles. The topological polar surface area (TPSA) is 33.2 Å². The summed E-state index contributed by atoms with van der Waals surface area (Å²) >= 11 is 13.6. The molecule has 0 aliphatic heterocycles. The van der Waals surface area contributed by atoms with Crippen LogP contribution in [0.25, 0.3) is 0 Å². The zero-order valence-corrected chi connectivity index (χ0v) is 15.9. The molecule has 0 bridgehead atoms. The Kier molecular flexibility index (Phi) is 5.74. The molecule has 1 aromatic heterocycles. The highest BCUT2D eigenvalue weighted by molar-refractivity contribution is 7.14. The Hall–Kier alpha value is -1.88. The molecule has 25 heavy (non-hydrogen) atoms. The van der Waals surface area contributed by atoms with E-state index in [0.717, 1.165) is 16.9 Å². The van der Waals surface area contributed by atoms with Gasteiger partial charge < -0.3 is 0 Å². The molecule has 128 valence electrons. The number of aryl methyl sites for hydroxylation is 2. The van der Waals surface area contributed by atoms with Crippen LogP contribution >= 0.6 is 34.5 Å². The van der Waals surface area contributed by atoms with Gasteiger partial charge in [0.1, 0.15) is 0 Å². The monoisotopic (exact) mass is 390 g/mol. The zero-order valence-electron chi connectivity index (χ0n) is 13.6. The van der Waals surface area contributed by atoms with Gasteiger partial charge in [-0.2, -0.15) is 0 Å². The fourth-order valence-electron chi connectivity index (χ4n) is 2.46. The number of benzene rings is 2. The lowest BCUT2D eigenvalue weighted by Crippen LogP contribution is -2.26. The quantitative estimate of drug-likeness (QED) is 0.530. The van der Waals surface area contributed by atoms with E-state index in [4.69, 9.17) is 23.2 Å². The molecule has 0 spiro atoms. The number of carbonyl (C=O) groups is 1. The van der Waals surface area contributed by atoms with Gasteiger partial charge in [0.2, 0.25) is 5.91 Å². The minimum atomic E-state index is -0.0217. The first kappa shape index (κ1) is 17.9. The van der Waals surface area contributed by atoms with Gasteiger partial charge >= 0.3 is 0 Å². The summed E-state index contributed by atoms with van der Waals surface area (Å²) in [6.07, 6.45) is 0.872. The number of thiazole rings is 1. The van der Waals surface area contributed by atoms with Crippen molar-refractivity contribution in [2.45, 2.75) is 19.8 Å². The van der Waals surface area contributed by atoms with Crippen LogP contribution in [-0.4, -0.2) is 10.9 Å². The van der Waals surface area contributed by atoms with Gasteiger partial charge in [-0.05, 0) is 43.2 Å². The van der Waals surface area contributed by atoms with E-state index in [9.17, 15) is 4.79 Å². The van der Waals surface area contributed by atoms with Crippen LogP contribution in [0.3, 0.4) is 0 Å². The van der Waals surface area contributed by atoms with Crippen molar-refractivity contribution in [2.24, 2.45) is 0 Å². The number of amides is 1. The maximum Gasteiger partial charge on any atom is 0.233 e. The Bertz CT molecular complexity index is 880. The van der Waals surface area contributed by atoms with Crippen molar-refractivity contribution in [3.63, 3.8) is 0 Å². The second kappa shape index (κ2) is 8.00. The largest absolute Gasteiger partial charge is 0.274 e. The van der Waals surface area contributed by atoms with Crippen LogP contribution in [0.5, 0.6) is 0 Å². The summed E-state index contributed by atoms with van der Waals surface area (Å²) in [6.45, 7) is 1.92. The van der Waals surface area contributed by atoms with Gasteiger partial charge in [-0.15, -0.1) is 11.3 Å². The summed E-state index contributed by atoms with van der Waals surface area (Å²) in [5.74, 6) is -0.0217. The fraction of sp³-hybridized carbons (Fsp3) is 0.158. The number of hydrogen-bond acceptors (Lipinski definition) is 3. The lowest BCUT2D eigenvalue weighted by molar-refractivity contribution is -0.117. The van der Waals surface area contributed by atoms with E-state index in [1.54, 1.807) is 17.0 Å². The summed E-state index contributed by atoms with van der Waals surface area (Å²) in [4.78, 5) is 19.1. The minimum Gasteiger partial charge on any atom is -0.274 e. The lowest BCUT2D eigenvalue weighted by atomic mass is 10.1. The molecule has 3 rings (SSSR count). The summed E-state index contributed by atoms with van der Waals surface area (Å²) in [5, 5.41) is 3.78. The molecule has 0 unspecified atom stereocenters. The Morgan fingerprint density at radius 3 is 2.56 bits per heavy atom. The van der Waals surface area contributed by atoms with E-state index >= 15 is 0 Å². The zero-order chi connectivity index (χ0) is 17.8. The van der Waals surface area contributed by atoms with Crippen LogP contribution < -0.4 is 4.90 Å². The number of nitrogens with zero attached hydrogens (tertiary/aromatic N) is 2. The van der Waals surface area contributed by atoms with Gasteiger partial charge in [0.15, 0.2) is 5.13 Å². The molecular weight excluding hydrogens is 375 g/mol. The molecule has 3 aromatic rings. The standard InChI is InChI=1S/C19H16Cl2N2OS/c1-13-12-25-19(22-13)23(16-5-3-2-4-6-16)18(24)10-8-14-7-9-15(20)11-17(14)21/h2-7,9,11-12H,8,10H2,1H3. The van der Waals surface area contributed by atoms with Crippen molar-refractivity contribution in [1.82, 2.24) is 4.98 Å². The number of para-hydroxylation sites is 1. The van der Waals surface area contributed by atoms with Gasteiger partial charge in [-0.25, -0.2) is 4.98 Å². The SMILES string of the molecule is Cc1csc(N(C(=O)CCc2ccc(Cl)cc2Cl)c2ccccc2)n1. The number of hydrogen-bond donors (Lipinski definition) is 0. The van der Waals surface area contributed by atoms with Crippen LogP contribution in [0.2, 0.25) is 10.0 Å². The number of anilines is 2. The first-order chi connectivity index (χ1) is 12.0. The first-order valence-electron chi connectivity index (χ1n) is 7.78. The fourth-order valence-corrected chi connectivity index (χ4v) is 3.80. The second-order valence-corrected chi connectivity index (χ2v) is 7.25. The summed E-state index contributed by atoms with van der Waals surface area (Å²) in [6, 6.07) is 14.9. The number of aromatic nitrogens is 1. The Balaban J connectivity index is 1.82. The molecular formula is C19H16Cl2N2OS. The predicted octanol–water partition coefficient (Wildman–Crippen LogP) is 6.06. The van der Waals surface area contributed by atoms with Gasteiger partial charge in [0.25, 0.3) is 0 Å². The summed E-state index contributed by atoms with van der Waals surface area (Å²) in [7, 11) is 0. The number of carbonyl (C=O) groups excluding carboxylic acids is 1. The number of halogens is 2. The summed E-state index contributed by atoms with van der Waals surface area (Å²) in [5.41, 5.74) is 2.61.